The predicted molar refractivity (Wildman–Crippen MR) is 154 cm³/mol. The smallest absolute Gasteiger partial charge is 0.259 e. The largest absolute Gasteiger partial charge is 0.378 e. The van der Waals surface area contributed by atoms with E-state index in [0.717, 1.165) is 6.42 Å². The molecule has 2 aliphatic rings. The van der Waals surface area contributed by atoms with Gasteiger partial charge in [-0.2, -0.15) is 0 Å². The molecule has 0 saturated carbocycles. The molecule has 2 heterocycles. The first-order valence-electron chi connectivity index (χ1n) is 13.5. The number of thioether (sulfide) groups is 1. The maximum Gasteiger partial charge on any atom is 0.259 e. The molecule has 0 aromatic carbocycles. The van der Waals surface area contributed by atoms with Gasteiger partial charge in [0.15, 0.2) is 5.12 Å². The van der Waals surface area contributed by atoms with Crippen LogP contribution in [0.2, 0.25) is 0 Å². The van der Waals surface area contributed by atoms with Crippen molar-refractivity contribution in [3.05, 3.63) is 24.2 Å². The fourth-order valence-corrected chi connectivity index (χ4v) is 6.73. The summed E-state index contributed by atoms with van der Waals surface area (Å²) in [7, 11) is -1.37. The average Bonchev–Trinajstić information content (AvgIpc) is 3.21. The minimum Gasteiger partial charge on any atom is -0.378 e. The lowest BCUT2D eigenvalue weighted by Crippen LogP contribution is -2.42. The Balaban J connectivity index is 1.99. The molecule has 0 radical (unpaired) electrons. The van der Waals surface area contributed by atoms with Gasteiger partial charge >= 0.3 is 0 Å². The summed E-state index contributed by atoms with van der Waals surface area (Å²) in [4.78, 5) is 25.9. The number of carbonyl (C=O) groups excluding carboxylic acids is 2. The summed E-state index contributed by atoms with van der Waals surface area (Å²) in [5.41, 5.74) is 0.262. The first-order chi connectivity index (χ1) is 17.8. The van der Waals surface area contributed by atoms with Crippen LogP contribution in [0.3, 0.4) is 0 Å². The minimum absolute atomic E-state index is 0.109. The third kappa shape index (κ3) is 9.58. The summed E-state index contributed by atoms with van der Waals surface area (Å²) in [6.45, 7) is 23.5. The average molecular weight is 574 g/mol. The predicted octanol–water partition coefficient (Wildman–Crippen LogP) is 5.39. The van der Waals surface area contributed by atoms with E-state index >= 15 is 0 Å². The standard InChI is InChI=1S/C27H48N3O6PS/c1-11-22-23(16-24(35-22)29-17-20(6)25(31)28-21(29)7)36-37(30(18(2)3)19(4)5)34-13-12-33-14-15-38-26(32)27(8,9)10/h17-19,22-24H,7,11-16H2,1-6,8-10H3,(H,28,31)/t22-,23?,24-,37?/m1/s1. The topological polar surface area (TPSA) is 89.6 Å². The summed E-state index contributed by atoms with van der Waals surface area (Å²) in [5, 5.41) is 2.96. The Morgan fingerprint density at radius 1 is 1.26 bits per heavy atom. The van der Waals surface area contributed by atoms with Crippen LogP contribution in [0.1, 0.15) is 75.2 Å². The van der Waals surface area contributed by atoms with E-state index in [9.17, 15) is 9.59 Å². The second-order valence-corrected chi connectivity index (χ2v) is 13.6. The van der Waals surface area contributed by atoms with Gasteiger partial charge in [0.1, 0.15) is 12.0 Å². The molecule has 4 atom stereocenters. The number of ether oxygens (including phenoxy) is 2. The van der Waals surface area contributed by atoms with Crippen LogP contribution >= 0.6 is 20.3 Å². The highest BCUT2D eigenvalue weighted by Gasteiger charge is 2.42. The van der Waals surface area contributed by atoms with Crippen LogP contribution in [0, 0.1) is 5.41 Å². The lowest BCUT2D eigenvalue weighted by Gasteiger charge is -2.37. The van der Waals surface area contributed by atoms with Crippen LogP contribution in [0.15, 0.2) is 24.2 Å². The molecular weight excluding hydrogens is 525 g/mol. The van der Waals surface area contributed by atoms with Crippen molar-refractivity contribution >= 4 is 31.3 Å². The Labute approximate surface area is 235 Å². The second-order valence-electron chi connectivity index (χ2n) is 11.2. The molecule has 11 heteroatoms. The molecule has 2 rings (SSSR count). The van der Waals surface area contributed by atoms with Gasteiger partial charge in [0.2, 0.25) is 0 Å². The molecule has 0 spiro atoms. The van der Waals surface area contributed by atoms with Gasteiger partial charge < -0.3 is 28.7 Å². The second kappa shape index (κ2) is 15.1. The Morgan fingerprint density at radius 2 is 1.92 bits per heavy atom. The summed E-state index contributed by atoms with van der Waals surface area (Å²) >= 11 is 1.31. The van der Waals surface area contributed by atoms with Crippen molar-refractivity contribution in [2.75, 3.05) is 25.6 Å². The number of amides is 1. The molecule has 2 unspecified atom stereocenters. The van der Waals surface area contributed by atoms with Gasteiger partial charge in [0.25, 0.3) is 14.4 Å². The number of nitrogens with one attached hydrogen (secondary N) is 1. The van der Waals surface area contributed by atoms with Gasteiger partial charge in [-0.15, -0.1) is 0 Å². The van der Waals surface area contributed by atoms with Gasteiger partial charge in [-0.25, -0.2) is 4.67 Å². The Morgan fingerprint density at radius 3 is 2.50 bits per heavy atom. The van der Waals surface area contributed by atoms with Crippen molar-refractivity contribution in [1.29, 1.82) is 0 Å². The van der Waals surface area contributed by atoms with E-state index in [1.807, 2.05) is 25.7 Å². The third-order valence-corrected chi connectivity index (χ3v) is 9.53. The zero-order chi connectivity index (χ0) is 28.6. The van der Waals surface area contributed by atoms with Crippen molar-refractivity contribution < 1.29 is 28.1 Å². The number of carbonyl (C=O) groups is 2. The third-order valence-electron chi connectivity index (χ3n) is 6.13. The van der Waals surface area contributed by atoms with Crippen LogP contribution in [0.4, 0.5) is 0 Å². The highest BCUT2D eigenvalue weighted by Crippen LogP contribution is 2.49. The monoisotopic (exact) mass is 573 g/mol. The summed E-state index contributed by atoms with van der Waals surface area (Å²) in [5.74, 6) is 0.984. The van der Waals surface area contributed by atoms with E-state index in [4.69, 9.17) is 18.5 Å². The fourth-order valence-electron chi connectivity index (χ4n) is 4.17. The number of hydrogen-bond donors (Lipinski definition) is 1. The fraction of sp³-hybridized carbons (Fsp3) is 0.778. The molecule has 1 amide bonds. The molecule has 218 valence electrons. The van der Waals surface area contributed by atoms with E-state index in [1.165, 1.54) is 11.8 Å². The minimum atomic E-state index is -1.37. The molecule has 1 saturated heterocycles. The lowest BCUT2D eigenvalue weighted by atomic mass is 10.00. The highest BCUT2D eigenvalue weighted by molar-refractivity contribution is 8.13. The van der Waals surface area contributed by atoms with Crippen molar-refractivity contribution in [2.24, 2.45) is 5.41 Å². The van der Waals surface area contributed by atoms with Gasteiger partial charge in [-0.3, -0.25) is 9.59 Å². The molecular formula is C27H48N3O6PS. The van der Waals surface area contributed by atoms with Crippen molar-refractivity contribution in [1.82, 2.24) is 14.9 Å². The first kappa shape index (κ1) is 33.2. The van der Waals surface area contributed by atoms with E-state index in [0.29, 0.717) is 43.4 Å². The number of hydrogen-bond acceptors (Lipinski definition) is 9. The Bertz CT molecular complexity index is 839. The van der Waals surface area contributed by atoms with Crippen LogP contribution in [0.5, 0.6) is 0 Å². The van der Waals surface area contributed by atoms with Crippen LogP contribution < -0.4 is 5.32 Å². The first-order valence-corrected chi connectivity index (χ1v) is 15.6. The van der Waals surface area contributed by atoms with E-state index in [1.54, 1.807) is 13.1 Å². The molecule has 1 N–H and O–H groups in total. The quantitative estimate of drug-likeness (QED) is 0.217. The normalized spacial score (nSPS) is 23.4. The maximum atomic E-state index is 12.1. The molecule has 9 nitrogen and oxygen atoms in total. The van der Waals surface area contributed by atoms with Crippen molar-refractivity contribution in [3.63, 3.8) is 0 Å². The van der Waals surface area contributed by atoms with Crippen molar-refractivity contribution in [2.45, 2.75) is 106 Å². The van der Waals surface area contributed by atoms with E-state index < -0.39 is 8.53 Å². The zero-order valence-corrected chi connectivity index (χ0v) is 26.3. The van der Waals surface area contributed by atoms with Crippen molar-refractivity contribution in [3.8, 4) is 0 Å². The molecule has 38 heavy (non-hydrogen) atoms. The molecule has 0 bridgehead atoms. The van der Waals surface area contributed by atoms with Gasteiger partial charge in [-0.05, 0) is 41.0 Å². The Kier molecular flexibility index (Phi) is 13.2. The maximum absolute atomic E-state index is 12.1. The molecule has 0 aromatic heterocycles. The summed E-state index contributed by atoms with van der Waals surface area (Å²) < 4.78 is 27.3. The molecule has 2 aliphatic heterocycles. The summed E-state index contributed by atoms with van der Waals surface area (Å²) in [6, 6.07) is 0.449. The van der Waals surface area contributed by atoms with Gasteiger partial charge in [0.05, 0.1) is 32.0 Å². The zero-order valence-electron chi connectivity index (χ0n) is 24.6. The Hall–Kier alpha value is -1.00. The SMILES string of the molecule is C=C1NC(=O)C(C)=CN1[C@H]1CC(OP(OCCOCCSC(=O)C(C)(C)C)N(C(C)C)C(C)C)[C@@H](CC)O1. The van der Waals surface area contributed by atoms with Gasteiger partial charge in [0, 0.05) is 41.4 Å². The number of rotatable bonds is 14. The summed E-state index contributed by atoms with van der Waals surface area (Å²) in [6.07, 6.45) is 2.64. The van der Waals surface area contributed by atoms with E-state index in [-0.39, 0.29) is 47.0 Å². The van der Waals surface area contributed by atoms with Gasteiger partial charge in [-0.1, -0.05) is 46.0 Å². The molecule has 1 fully saturated rings. The lowest BCUT2D eigenvalue weighted by molar-refractivity contribution is -0.119. The number of nitrogens with zero attached hydrogens (tertiary/aromatic N) is 2. The highest BCUT2D eigenvalue weighted by atomic mass is 32.2. The molecule has 0 aliphatic carbocycles. The molecule has 0 aromatic rings. The van der Waals surface area contributed by atoms with E-state index in [2.05, 4.69) is 51.2 Å². The van der Waals surface area contributed by atoms with Crippen LogP contribution in [0.25, 0.3) is 0 Å². The van der Waals surface area contributed by atoms with Crippen LogP contribution in [-0.2, 0) is 28.1 Å². The van der Waals surface area contributed by atoms with Crippen LogP contribution in [-0.4, -0.2) is 76.7 Å².